The summed E-state index contributed by atoms with van der Waals surface area (Å²) in [7, 11) is 0. The SMILES string of the molecule is O=C(CNC1Cc2ccccc2C1)Nc1ccc(Cl)cc1C(=O)c1ccccc1Cl. The van der Waals surface area contributed by atoms with Crippen molar-refractivity contribution in [1.29, 1.82) is 0 Å². The average molecular weight is 439 g/mol. The van der Waals surface area contributed by atoms with Crippen LogP contribution in [-0.4, -0.2) is 24.3 Å². The highest BCUT2D eigenvalue weighted by Gasteiger charge is 2.22. The molecule has 0 saturated carbocycles. The Bertz CT molecular complexity index is 1090. The van der Waals surface area contributed by atoms with Gasteiger partial charge in [0.25, 0.3) is 0 Å². The Balaban J connectivity index is 1.44. The molecule has 1 aliphatic rings. The second-order valence-corrected chi connectivity index (χ2v) is 8.15. The monoisotopic (exact) mass is 438 g/mol. The highest BCUT2D eigenvalue weighted by atomic mass is 35.5. The molecule has 0 radical (unpaired) electrons. The molecule has 1 aliphatic carbocycles. The molecule has 0 spiro atoms. The van der Waals surface area contributed by atoms with Gasteiger partial charge in [-0.1, -0.05) is 59.6 Å². The number of ketones is 1. The topological polar surface area (TPSA) is 58.2 Å². The molecule has 2 N–H and O–H groups in total. The zero-order valence-electron chi connectivity index (χ0n) is 16.1. The van der Waals surface area contributed by atoms with E-state index in [0.29, 0.717) is 26.9 Å². The van der Waals surface area contributed by atoms with Crippen LogP contribution in [0.3, 0.4) is 0 Å². The first kappa shape index (κ1) is 20.6. The van der Waals surface area contributed by atoms with E-state index < -0.39 is 0 Å². The quantitative estimate of drug-likeness (QED) is 0.536. The van der Waals surface area contributed by atoms with Crippen LogP contribution in [0.25, 0.3) is 0 Å². The molecule has 0 bridgehead atoms. The molecule has 30 heavy (non-hydrogen) atoms. The molecular weight excluding hydrogens is 419 g/mol. The van der Waals surface area contributed by atoms with Gasteiger partial charge >= 0.3 is 0 Å². The summed E-state index contributed by atoms with van der Waals surface area (Å²) in [4.78, 5) is 25.6. The zero-order valence-corrected chi connectivity index (χ0v) is 17.6. The largest absolute Gasteiger partial charge is 0.324 e. The maximum absolute atomic E-state index is 13.0. The van der Waals surface area contributed by atoms with Gasteiger partial charge in [0.1, 0.15) is 0 Å². The van der Waals surface area contributed by atoms with Gasteiger partial charge in [0, 0.05) is 22.2 Å². The van der Waals surface area contributed by atoms with Gasteiger partial charge in [-0.15, -0.1) is 0 Å². The summed E-state index contributed by atoms with van der Waals surface area (Å²) < 4.78 is 0. The molecule has 0 fully saturated rings. The number of rotatable bonds is 6. The second-order valence-electron chi connectivity index (χ2n) is 7.30. The van der Waals surface area contributed by atoms with Crippen LogP contribution in [0.5, 0.6) is 0 Å². The maximum atomic E-state index is 13.0. The summed E-state index contributed by atoms with van der Waals surface area (Å²) in [6, 6.07) is 20.2. The second kappa shape index (κ2) is 9.00. The molecule has 0 atom stereocenters. The summed E-state index contributed by atoms with van der Waals surface area (Å²) in [6.45, 7) is 0.154. The van der Waals surface area contributed by atoms with Gasteiger partial charge in [-0.05, 0) is 54.3 Å². The number of anilines is 1. The van der Waals surface area contributed by atoms with E-state index >= 15 is 0 Å². The smallest absolute Gasteiger partial charge is 0.238 e. The molecule has 0 heterocycles. The number of nitrogens with one attached hydrogen (secondary N) is 2. The lowest BCUT2D eigenvalue weighted by molar-refractivity contribution is -0.115. The highest BCUT2D eigenvalue weighted by molar-refractivity contribution is 6.36. The Hall–Kier alpha value is -2.66. The maximum Gasteiger partial charge on any atom is 0.238 e. The number of halogens is 2. The summed E-state index contributed by atoms with van der Waals surface area (Å²) in [6.07, 6.45) is 1.81. The molecule has 1 amide bonds. The lowest BCUT2D eigenvalue weighted by Gasteiger charge is -2.14. The molecule has 0 aromatic heterocycles. The van der Waals surface area contributed by atoms with Crippen LogP contribution in [0.4, 0.5) is 5.69 Å². The van der Waals surface area contributed by atoms with Gasteiger partial charge in [0.15, 0.2) is 5.78 Å². The molecule has 0 aliphatic heterocycles. The van der Waals surface area contributed by atoms with Crippen LogP contribution < -0.4 is 10.6 Å². The fourth-order valence-corrected chi connectivity index (χ4v) is 4.13. The van der Waals surface area contributed by atoms with Crippen molar-refractivity contribution in [3.63, 3.8) is 0 Å². The molecule has 152 valence electrons. The minimum atomic E-state index is -0.294. The summed E-state index contributed by atoms with van der Waals surface area (Å²) in [5, 5.41) is 6.89. The number of hydrogen-bond acceptors (Lipinski definition) is 3. The third kappa shape index (κ3) is 4.57. The number of carbonyl (C=O) groups excluding carboxylic acids is 2. The van der Waals surface area contributed by atoms with Crippen molar-refractivity contribution < 1.29 is 9.59 Å². The van der Waals surface area contributed by atoms with Gasteiger partial charge in [-0.3, -0.25) is 9.59 Å². The van der Waals surface area contributed by atoms with Crippen LogP contribution in [0, 0.1) is 0 Å². The van der Waals surface area contributed by atoms with Crippen LogP contribution in [0.2, 0.25) is 10.0 Å². The molecule has 3 aromatic rings. The average Bonchev–Trinajstić information content (AvgIpc) is 3.16. The number of fused-ring (bicyclic) bond motifs is 1. The molecule has 6 heteroatoms. The Labute approximate surface area is 185 Å². The summed E-state index contributed by atoms with van der Waals surface area (Å²) >= 11 is 12.3. The number of amides is 1. The Morgan fingerprint density at radius 1 is 0.867 bits per heavy atom. The number of hydrogen-bond donors (Lipinski definition) is 2. The highest BCUT2D eigenvalue weighted by Crippen LogP contribution is 2.27. The van der Waals surface area contributed by atoms with Crippen LogP contribution in [0.1, 0.15) is 27.0 Å². The Morgan fingerprint density at radius 2 is 1.53 bits per heavy atom. The van der Waals surface area contributed by atoms with Gasteiger partial charge < -0.3 is 10.6 Å². The molecule has 4 nitrogen and oxygen atoms in total. The van der Waals surface area contributed by atoms with E-state index in [0.717, 1.165) is 12.8 Å². The minimum absolute atomic E-state index is 0.154. The predicted octanol–water partition coefficient (Wildman–Crippen LogP) is 4.92. The summed E-state index contributed by atoms with van der Waals surface area (Å²) in [5.41, 5.74) is 3.71. The minimum Gasteiger partial charge on any atom is -0.324 e. The van der Waals surface area contributed by atoms with E-state index in [2.05, 4.69) is 22.8 Å². The van der Waals surface area contributed by atoms with Crippen LogP contribution >= 0.6 is 23.2 Å². The van der Waals surface area contributed by atoms with Gasteiger partial charge in [-0.25, -0.2) is 0 Å². The van der Waals surface area contributed by atoms with Crippen molar-refractivity contribution in [1.82, 2.24) is 5.32 Å². The molecule has 3 aromatic carbocycles. The lowest BCUT2D eigenvalue weighted by Crippen LogP contribution is -2.36. The van der Waals surface area contributed by atoms with Crippen molar-refractivity contribution in [2.45, 2.75) is 18.9 Å². The van der Waals surface area contributed by atoms with Crippen molar-refractivity contribution >= 4 is 40.6 Å². The fourth-order valence-electron chi connectivity index (χ4n) is 3.74. The molecular formula is C24H20Cl2N2O2. The standard InChI is InChI=1S/C24H20Cl2N2O2/c25-17-9-10-22(20(13-17)24(30)19-7-3-4-8-21(19)26)28-23(29)14-27-18-11-15-5-1-2-6-16(15)12-18/h1-10,13,18,27H,11-12,14H2,(H,28,29). The summed E-state index contributed by atoms with van der Waals surface area (Å²) in [5.74, 6) is -0.515. The van der Waals surface area contributed by atoms with Crippen LogP contribution in [-0.2, 0) is 17.6 Å². The van der Waals surface area contributed by atoms with E-state index in [9.17, 15) is 9.59 Å². The van der Waals surface area contributed by atoms with E-state index in [1.54, 1.807) is 42.5 Å². The van der Waals surface area contributed by atoms with Crippen LogP contribution in [0.15, 0.2) is 66.7 Å². The Morgan fingerprint density at radius 3 is 2.23 bits per heavy atom. The Kier molecular flexibility index (Phi) is 6.18. The van der Waals surface area contributed by atoms with E-state index in [1.807, 2.05) is 12.1 Å². The first-order chi connectivity index (χ1) is 14.5. The number of benzene rings is 3. The lowest BCUT2D eigenvalue weighted by atomic mass is 10.0. The third-order valence-corrected chi connectivity index (χ3v) is 5.79. The zero-order chi connectivity index (χ0) is 21.1. The van der Waals surface area contributed by atoms with E-state index in [-0.39, 0.29) is 24.3 Å². The van der Waals surface area contributed by atoms with E-state index in [4.69, 9.17) is 23.2 Å². The molecule has 0 saturated heterocycles. The van der Waals surface area contributed by atoms with Crippen molar-refractivity contribution in [2.24, 2.45) is 0 Å². The van der Waals surface area contributed by atoms with Gasteiger partial charge in [0.2, 0.25) is 5.91 Å². The molecule has 4 rings (SSSR count). The van der Waals surface area contributed by atoms with Gasteiger partial charge in [-0.2, -0.15) is 0 Å². The fraction of sp³-hybridized carbons (Fsp3) is 0.167. The van der Waals surface area contributed by atoms with Crippen molar-refractivity contribution in [3.8, 4) is 0 Å². The predicted molar refractivity (Wildman–Crippen MR) is 121 cm³/mol. The first-order valence-electron chi connectivity index (χ1n) is 9.70. The third-order valence-electron chi connectivity index (χ3n) is 5.22. The van der Waals surface area contributed by atoms with E-state index in [1.165, 1.54) is 11.1 Å². The van der Waals surface area contributed by atoms with Gasteiger partial charge in [0.05, 0.1) is 17.3 Å². The normalized spacial score (nSPS) is 13.1. The van der Waals surface area contributed by atoms with Crippen molar-refractivity contribution in [3.05, 3.63) is 99.0 Å². The van der Waals surface area contributed by atoms with Crippen molar-refractivity contribution in [2.75, 3.05) is 11.9 Å². The number of carbonyl (C=O) groups is 2. The first-order valence-corrected chi connectivity index (χ1v) is 10.5. The molecule has 0 unspecified atom stereocenters.